The van der Waals surface area contributed by atoms with Crippen LogP contribution in [0.25, 0.3) is 0 Å². The maximum absolute atomic E-state index is 7.58. The standard InChI is InChI=1S/C32H46N5P/c33-31(34)37-32(35)36-26-18-7-5-3-1-2-4-6-8-19-27-38(28-20-12-9-13-21-28,29-22-14-10-15-23-29)30-24-16-11-17-25-30/h9-17,20-25,38H,1-8,18-19,26-27H2,(H6,33,34,35,36,37). The Bertz CT molecular complexity index is 976. The molecule has 3 aromatic carbocycles. The predicted octanol–water partition coefficient (Wildman–Crippen LogP) is 5.62. The fourth-order valence-electron chi connectivity index (χ4n) is 5.42. The number of nitrogens with two attached hydrogens (primary N) is 1. The number of hydrogen-bond acceptors (Lipinski definition) is 2. The Labute approximate surface area is 230 Å². The van der Waals surface area contributed by atoms with E-state index >= 15 is 0 Å². The van der Waals surface area contributed by atoms with Crippen molar-refractivity contribution in [2.24, 2.45) is 5.73 Å². The molecule has 0 heterocycles. The average molecular weight is 532 g/mol. The Hall–Kier alpha value is -3.17. The summed E-state index contributed by atoms with van der Waals surface area (Å²) in [6.07, 6.45) is 13.8. The summed E-state index contributed by atoms with van der Waals surface area (Å²) in [7, 11) is -2.08. The normalized spacial score (nSPS) is 11.6. The number of nitrogens with one attached hydrogen (secondary N) is 4. The molecule has 6 N–H and O–H groups in total. The quantitative estimate of drug-likeness (QED) is 0.0718. The average Bonchev–Trinajstić information content (AvgIpc) is 2.94. The second-order valence-corrected chi connectivity index (χ2v) is 14.2. The van der Waals surface area contributed by atoms with Crippen LogP contribution in [0.4, 0.5) is 0 Å². The molecule has 0 saturated carbocycles. The van der Waals surface area contributed by atoms with Crippen LogP contribution in [-0.4, -0.2) is 24.6 Å². The van der Waals surface area contributed by atoms with Crippen LogP contribution in [0.2, 0.25) is 0 Å². The van der Waals surface area contributed by atoms with E-state index in [1.54, 1.807) is 0 Å². The van der Waals surface area contributed by atoms with Gasteiger partial charge in [-0.05, 0) is 0 Å². The molecule has 0 unspecified atom stereocenters. The van der Waals surface area contributed by atoms with Crippen LogP contribution in [0.3, 0.4) is 0 Å². The van der Waals surface area contributed by atoms with Gasteiger partial charge in [-0.3, -0.25) is 16.1 Å². The predicted molar refractivity (Wildman–Crippen MR) is 168 cm³/mol. The SMILES string of the molecule is N=C(N)NC(=N)NCCCCCCCCCCCC[PH](c1ccccc1)(c1ccccc1)c1ccccc1. The van der Waals surface area contributed by atoms with Crippen LogP contribution in [0, 0.1) is 10.8 Å². The summed E-state index contributed by atoms with van der Waals surface area (Å²) in [4.78, 5) is 0. The summed E-state index contributed by atoms with van der Waals surface area (Å²) in [6.45, 7) is 0.749. The molecule has 0 aliphatic heterocycles. The van der Waals surface area contributed by atoms with Crippen molar-refractivity contribution in [1.29, 1.82) is 10.8 Å². The Kier molecular flexibility index (Phi) is 12.9. The Balaban J connectivity index is 1.41. The van der Waals surface area contributed by atoms with Crippen molar-refractivity contribution in [1.82, 2.24) is 10.6 Å². The van der Waals surface area contributed by atoms with Crippen molar-refractivity contribution in [3.8, 4) is 0 Å². The zero-order valence-corrected chi connectivity index (χ0v) is 23.7. The molecule has 0 amide bonds. The Morgan fingerprint density at radius 2 is 0.921 bits per heavy atom. The molecule has 5 nitrogen and oxygen atoms in total. The third kappa shape index (κ3) is 9.29. The van der Waals surface area contributed by atoms with Crippen LogP contribution in [-0.2, 0) is 0 Å². The number of guanidine groups is 2. The Morgan fingerprint density at radius 1 is 0.553 bits per heavy atom. The zero-order valence-electron chi connectivity index (χ0n) is 22.7. The molecule has 0 aliphatic carbocycles. The third-order valence-corrected chi connectivity index (χ3v) is 12.4. The van der Waals surface area contributed by atoms with Crippen LogP contribution >= 0.6 is 7.26 Å². The molecule has 3 rings (SSSR count). The summed E-state index contributed by atoms with van der Waals surface area (Å²) >= 11 is 0. The molecular formula is C32H46N5P. The number of unbranched alkanes of at least 4 members (excludes halogenated alkanes) is 9. The summed E-state index contributed by atoms with van der Waals surface area (Å²) in [5, 5.41) is 24.6. The van der Waals surface area contributed by atoms with Crippen molar-refractivity contribution in [2.75, 3.05) is 12.7 Å². The van der Waals surface area contributed by atoms with Gasteiger partial charge in [-0.25, -0.2) is 0 Å². The van der Waals surface area contributed by atoms with Gasteiger partial charge in [0, 0.05) is 0 Å². The first-order valence-electron chi connectivity index (χ1n) is 14.2. The summed E-state index contributed by atoms with van der Waals surface area (Å²) in [6, 6.07) is 33.8. The van der Waals surface area contributed by atoms with Gasteiger partial charge in [-0.2, -0.15) is 0 Å². The minimum absolute atomic E-state index is 0.105. The van der Waals surface area contributed by atoms with Crippen molar-refractivity contribution in [2.45, 2.75) is 64.2 Å². The van der Waals surface area contributed by atoms with Gasteiger partial charge in [-0.15, -0.1) is 0 Å². The number of rotatable bonds is 16. The van der Waals surface area contributed by atoms with E-state index in [4.69, 9.17) is 16.6 Å². The third-order valence-electron chi connectivity index (χ3n) is 7.34. The van der Waals surface area contributed by atoms with E-state index in [2.05, 4.69) is 102 Å². The molecule has 0 atom stereocenters. The van der Waals surface area contributed by atoms with Crippen LogP contribution < -0.4 is 32.3 Å². The van der Waals surface area contributed by atoms with Gasteiger partial charge < -0.3 is 11.1 Å². The van der Waals surface area contributed by atoms with E-state index in [0.717, 1.165) is 13.0 Å². The first kappa shape index (κ1) is 29.4. The fraction of sp³-hybridized carbons (Fsp3) is 0.375. The molecule has 0 radical (unpaired) electrons. The summed E-state index contributed by atoms with van der Waals surface area (Å²) < 4.78 is 0. The molecule has 0 aliphatic rings. The van der Waals surface area contributed by atoms with E-state index < -0.39 is 7.26 Å². The van der Waals surface area contributed by atoms with E-state index in [-0.39, 0.29) is 11.9 Å². The van der Waals surface area contributed by atoms with Crippen molar-refractivity contribution >= 4 is 35.1 Å². The minimum atomic E-state index is -2.08. The molecule has 0 spiro atoms. The van der Waals surface area contributed by atoms with Crippen molar-refractivity contribution < 1.29 is 0 Å². The van der Waals surface area contributed by atoms with E-state index in [0.29, 0.717) is 0 Å². The summed E-state index contributed by atoms with van der Waals surface area (Å²) in [5.74, 6) is -0.0961. The number of hydrogen-bond donors (Lipinski definition) is 5. The summed E-state index contributed by atoms with van der Waals surface area (Å²) in [5.41, 5.74) is 5.21. The van der Waals surface area contributed by atoms with Gasteiger partial charge in [0.1, 0.15) is 0 Å². The molecule has 0 saturated heterocycles. The Morgan fingerprint density at radius 3 is 1.32 bits per heavy atom. The van der Waals surface area contributed by atoms with Crippen LogP contribution in [0.1, 0.15) is 64.2 Å². The van der Waals surface area contributed by atoms with Crippen LogP contribution in [0.15, 0.2) is 91.0 Å². The van der Waals surface area contributed by atoms with E-state index in [9.17, 15) is 0 Å². The topological polar surface area (TPSA) is 97.8 Å². The molecule has 3 aromatic rings. The van der Waals surface area contributed by atoms with Gasteiger partial charge in [0.2, 0.25) is 0 Å². The first-order valence-corrected chi connectivity index (χ1v) is 16.4. The molecular weight excluding hydrogens is 485 g/mol. The van der Waals surface area contributed by atoms with E-state index in [1.807, 2.05) is 0 Å². The molecule has 6 heteroatoms. The van der Waals surface area contributed by atoms with Gasteiger partial charge in [0.05, 0.1) is 0 Å². The van der Waals surface area contributed by atoms with Crippen LogP contribution in [0.5, 0.6) is 0 Å². The molecule has 0 aromatic heterocycles. The monoisotopic (exact) mass is 531 g/mol. The van der Waals surface area contributed by atoms with Crippen molar-refractivity contribution in [3.05, 3.63) is 91.0 Å². The second kappa shape index (κ2) is 16.6. The zero-order chi connectivity index (χ0) is 26.9. The molecule has 0 fully saturated rings. The maximum atomic E-state index is 7.58. The molecule has 38 heavy (non-hydrogen) atoms. The van der Waals surface area contributed by atoms with Gasteiger partial charge >= 0.3 is 191 Å². The van der Waals surface area contributed by atoms with Crippen molar-refractivity contribution in [3.63, 3.8) is 0 Å². The van der Waals surface area contributed by atoms with Gasteiger partial charge in [0.25, 0.3) is 0 Å². The second-order valence-electron chi connectivity index (χ2n) is 10.1. The fourth-order valence-corrected chi connectivity index (χ4v) is 10.4. The van der Waals surface area contributed by atoms with Gasteiger partial charge in [-0.1, -0.05) is 0 Å². The number of benzene rings is 3. The van der Waals surface area contributed by atoms with Gasteiger partial charge in [0.15, 0.2) is 11.9 Å². The van der Waals surface area contributed by atoms with E-state index in [1.165, 1.54) is 79.9 Å². The molecule has 0 bridgehead atoms. The molecule has 204 valence electrons. The first-order chi connectivity index (χ1) is 18.6.